The molecule has 0 aliphatic heterocycles. The molecule has 0 heterocycles. The maximum atomic E-state index is 7.33. The molecule has 0 unspecified atom stereocenters. The summed E-state index contributed by atoms with van der Waals surface area (Å²) in [7, 11) is -4.61. The Bertz CT molecular complexity index is 23.6. The van der Waals surface area contributed by atoms with Crippen molar-refractivity contribution in [1.29, 1.82) is 0 Å². The highest BCUT2D eigenvalue weighted by atomic mass is 28.4. The summed E-state index contributed by atoms with van der Waals surface area (Å²) >= 11 is 1.42. The Hall–Kier alpha value is 0.549. The van der Waals surface area contributed by atoms with E-state index >= 15 is 0 Å². The van der Waals surface area contributed by atoms with Crippen molar-refractivity contribution in [3.05, 3.63) is 0 Å². The molecule has 0 aromatic rings. The topological polar surface area (TPSA) is 101 Å². The molecular formula is H5AlO5Si. The molecule has 0 aliphatic carbocycles. The Kier molecular flexibility index (Phi) is 7.06. The van der Waals surface area contributed by atoms with Crippen molar-refractivity contribution in [2.24, 2.45) is 0 Å². The first-order chi connectivity index (χ1) is 3.00. The monoisotopic (exact) mass is 140 g/mol. The summed E-state index contributed by atoms with van der Waals surface area (Å²) in [6, 6.07) is 0. The Morgan fingerprint density at radius 2 is 0.857 bits per heavy atom. The lowest BCUT2D eigenvalue weighted by Gasteiger charge is -1.91. The Morgan fingerprint density at radius 1 is 0.857 bits per heavy atom. The summed E-state index contributed by atoms with van der Waals surface area (Å²) in [6.45, 7) is 0. The molecule has 5 nitrogen and oxygen atoms in total. The normalized spacial score (nSPS) is 9.29. The lowest BCUT2D eigenvalue weighted by molar-refractivity contribution is 0.117. The van der Waals surface area contributed by atoms with Gasteiger partial charge in [-0.1, -0.05) is 0 Å². The first kappa shape index (κ1) is 10.5. The molecule has 0 saturated heterocycles. The van der Waals surface area contributed by atoms with Gasteiger partial charge in [-0.15, -0.1) is 0 Å². The summed E-state index contributed by atoms with van der Waals surface area (Å²) < 4.78 is 6.92. The van der Waals surface area contributed by atoms with Crippen molar-refractivity contribution >= 4 is 25.7 Å². The molecule has 0 atom stereocenters. The fourth-order valence-corrected chi connectivity index (χ4v) is 0. The van der Waals surface area contributed by atoms with E-state index in [1.807, 2.05) is 0 Å². The van der Waals surface area contributed by atoms with E-state index in [1.54, 1.807) is 0 Å². The van der Waals surface area contributed by atoms with Crippen LogP contribution in [0.3, 0.4) is 0 Å². The van der Waals surface area contributed by atoms with Crippen molar-refractivity contribution in [3.63, 3.8) is 0 Å². The van der Waals surface area contributed by atoms with Crippen molar-refractivity contribution in [2.45, 2.75) is 0 Å². The Morgan fingerprint density at radius 3 is 0.857 bits per heavy atom. The Balaban J connectivity index is 0. The minimum atomic E-state index is -4.61. The first-order valence-electron chi connectivity index (χ1n) is 1.15. The highest BCUT2D eigenvalue weighted by molar-refractivity contribution is 6.46. The van der Waals surface area contributed by atoms with Gasteiger partial charge >= 0.3 is 25.7 Å². The van der Waals surface area contributed by atoms with Crippen LogP contribution in [0.15, 0.2) is 0 Å². The van der Waals surface area contributed by atoms with E-state index in [4.69, 9.17) is 23.3 Å². The van der Waals surface area contributed by atoms with Gasteiger partial charge in [-0.05, 0) is 0 Å². The van der Waals surface area contributed by atoms with Gasteiger partial charge in [0.1, 0.15) is 0 Å². The number of hydrogen-bond donors (Lipinski definition) is 5. The quantitative estimate of drug-likeness (QED) is 0.224. The predicted octanol–water partition coefficient (Wildman–Crippen LogP) is -3.55. The van der Waals surface area contributed by atoms with E-state index in [2.05, 4.69) is 0 Å². The van der Waals surface area contributed by atoms with Gasteiger partial charge in [0.05, 0.1) is 0 Å². The fraction of sp³-hybridized carbons (Fsp3) is 0. The molecule has 0 fully saturated rings. The van der Waals surface area contributed by atoms with Gasteiger partial charge in [-0.3, -0.25) is 0 Å². The molecule has 0 aliphatic rings. The number of rotatable bonds is 0. The zero-order valence-corrected chi connectivity index (χ0v) is 5.47. The van der Waals surface area contributed by atoms with Crippen LogP contribution < -0.4 is 0 Å². The van der Waals surface area contributed by atoms with E-state index in [9.17, 15) is 0 Å². The molecule has 0 spiro atoms. The van der Waals surface area contributed by atoms with Gasteiger partial charge in [0, 0.05) is 0 Å². The van der Waals surface area contributed by atoms with E-state index in [1.165, 1.54) is 16.6 Å². The average Bonchev–Trinajstić information content (AvgIpc) is 1.36. The van der Waals surface area contributed by atoms with Crippen molar-refractivity contribution in [1.82, 2.24) is 0 Å². The van der Waals surface area contributed by atoms with Crippen molar-refractivity contribution in [3.8, 4) is 0 Å². The Labute approximate surface area is 49.7 Å². The summed E-state index contributed by atoms with van der Waals surface area (Å²) in [5, 5.41) is 0. The third-order valence-electron chi connectivity index (χ3n) is 0. The van der Waals surface area contributed by atoms with Crippen molar-refractivity contribution in [2.75, 3.05) is 0 Å². The second-order valence-electron chi connectivity index (χ2n) is 0.600. The SMILES string of the molecule is O[Si](O)(O)O.[OH][Al]. The van der Waals surface area contributed by atoms with Gasteiger partial charge in [0.2, 0.25) is 0 Å². The van der Waals surface area contributed by atoms with E-state index < -0.39 is 9.05 Å². The molecule has 0 bridgehead atoms. The van der Waals surface area contributed by atoms with Gasteiger partial charge in [0.25, 0.3) is 0 Å². The van der Waals surface area contributed by atoms with Crippen LogP contribution in [0.2, 0.25) is 0 Å². The third-order valence-corrected chi connectivity index (χ3v) is 0. The van der Waals surface area contributed by atoms with Crippen LogP contribution in [-0.4, -0.2) is 49.0 Å². The van der Waals surface area contributed by atoms with Crippen LogP contribution in [0.5, 0.6) is 0 Å². The molecule has 2 radical (unpaired) electrons. The zero-order chi connectivity index (χ0) is 6.50. The lowest BCUT2D eigenvalue weighted by atomic mass is 15.7. The van der Waals surface area contributed by atoms with Gasteiger partial charge in [-0.2, -0.15) is 0 Å². The predicted molar refractivity (Wildman–Crippen MR) is 22.6 cm³/mol. The third kappa shape index (κ3) is 449. The fourth-order valence-electron chi connectivity index (χ4n) is 0. The standard InChI is InChI=1S/Al.H4O4Si.H2O/c;1-5(2,3)4;/h;1-4H;1H2/q+1;;/p-1. The zero-order valence-electron chi connectivity index (χ0n) is 3.31. The van der Waals surface area contributed by atoms with E-state index in [0.717, 1.165) is 0 Å². The second-order valence-corrected chi connectivity index (χ2v) is 1.80. The van der Waals surface area contributed by atoms with Gasteiger partial charge in [0.15, 0.2) is 0 Å². The minimum absolute atomic E-state index is 1.42. The molecule has 7 heteroatoms. The second kappa shape index (κ2) is 4.70. The summed E-state index contributed by atoms with van der Waals surface area (Å²) in [6.07, 6.45) is 0. The molecule has 7 heavy (non-hydrogen) atoms. The lowest BCUT2D eigenvalue weighted by Crippen LogP contribution is -2.33. The van der Waals surface area contributed by atoms with Gasteiger partial charge < -0.3 is 23.3 Å². The summed E-state index contributed by atoms with van der Waals surface area (Å²) in [5.41, 5.74) is 0. The van der Waals surface area contributed by atoms with Crippen LogP contribution in [0.1, 0.15) is 0 Å². The molecule has 0 aromatic carbocycles. The molecule has 42 valence electrons. The molecule has 0 saturated carbocycles. The minimum Gasteiger partial charge on any atom is -0.529 e. The van der Waals surface area contributed by atoms with Crippen LogP contribution in [0.25, 0.3) is 0 Å². The smallest absolute Gasteiger partial charge is 0.529 e. The largest absolute Gasteiger partial charge is 0.668 e. The number of hydrogen-bond acceptors (Lipinski definition) is 5. The highest BCUT2D eigenvalue weighted by Gasteiger charge is 2.22. The van der Waals surface area contributed by atoms with Gasteiger partial charge in [-0.25, -0.2) is 0 Å². The maximum Gasteiger partial charge on any atom is 0.668 e. The summed E-state index contributed by atoms with van der Waals surface area (Å²) in [4.78, 5) is 29.3. The molecule has 5 N–H and O–H groups in total. The van der Waals surface area contributed by atoms with Crippen LogP contribution in [0, 0.1) is 0 Å². The molecular weight excluding hydrogens is 135 g/mol. The van der Waals surface area contributed by atoms with E-state index in [0.29, 0.717) is 0 Å². The summed E-state index contributed by atoms with van der Waals surface area (Å²) in [5.74, 6) is 0. The maximum absolute atomic E-state index is 7.33. The van der Waals surface area contributed by atoms with Crippen LogP contribution in [0.4, 0.5) is 0 Å². The average molecular weight is 140 g/mol. The van der Waals surface area contributed by atoms with Crippen molar-refractivity contribution < 1.29 is 23.3 Å². The molecule has 0 aromatic heterocycles. The van der Waals surface area contributed by atoms with Crippen LogP contribution in [-0.2, 0) is 0 Å². The molecule has 0 amide bonds. The van der Waals surface area contributed by atoms with E-state index in [-0.39, 0.29) is 0 Å². The molecule has 0 rings (SSSR count). The highest BCUT2D eigenvalue weighted by Crippen LogP contribution is 1.67. The first-order valence-corrected chi connectivity index (χ1v) is 3.46. The van der Waals surface area contributed by atoms with Crippen LogP contribution >= 0.6 is 0 Å².